The molecule has 1 aliphatic rings. The summed E-state index contributed by atoms with van der Waals surface area (Å²) in [6.45, 7) is 4.79. The third-order valence-electron chi connectivity index (χ3n) is 3.57. The molecule has 1 saturated carbocycles. The van der Waals surface area contributed by atoms with Crippen LogP contribution in [0.25, 0.3) is 0 Å². The number of alkyl halides is 2. The predicted octanol–water partition coefficient (Wildman–Crippen LogP) is 3.22. The fourth-order valence-corrected chi connectivity index (χ4v) is 2.53. The summed E-state index contributed by atoms with van der Waals surface area (Å²) in [5.74, 6) is 0.636. The average molecular weight is 249 g/mol. The Morgan fingerprint density at radius 2 is 2.06 bits per heavy atom. The summed E-state index contributed by atoms with van der Waals surface area (Å²) < 4.78 is 29.8. The summed E-state index contributed by atoms with van der Waals surface area (Å²) in [6, 6.07) is 0.261. The first-order chi connectivity index (χ1) is 8.17. The Hall–Kier alpha value is -0.220. The second-order valence-corrected chi connectivity index (χ2v) is 4.91. The normalized spacial score (nSPS) is 29.8. The van der Waals surface area contributed by atoms with Crippen LogP contribution >= 0.6 is 0 Å². The van der Waals surface area contributed by atoms with Crippen LogP contribution < -0.4 is 5.32 Å². The molecule has 0 saturated heterocycles. The van der Waals surface area contributed by atoms with E-state index < -0.39 is 13.0 Å². The third-order valence-corrected chi connectivity index (χ3v) is 3.57. The Kier molecular flexibility index (Phi) is 6.97. The fraction of sp³-hybridized carbons (Fsp3) is 1.00. The number of ether oxygens (including phenoxy) is 1. The maximum Gasteiger partial charge on any atom is 0.261 e. The van der Waals surface area contributed by atoms with Gasteiger partial charge in [-0.15, -0.1) is 0 Å². The maximum atomic E-state index is 12.2. The highest BCUT2D eigenvalue weighted by atomic mass is 19.3. The first-order valence-electron chi connectivity index (χ1n) is 6.80. The van der Waals surface area contributed by atoms with Gasteiger partial charge in [-0.3, -0.25) is 0 Å². The van der Waals surface area contributed by atoms with E-state index in [1.807, 2.05) is 0 Å². The Morgan fingerprint density at radius 1 is 1.29 bits per heavy atom. The lowest BCUT2D eigenvalue weighted by Crippen LogP contribution is -2.46. The molecule has 0 bridgehead atoms. The van der Waals surface area contributed by atoms with Gasteiger partial charge in [0.1, 0.15) is 6.61 Å². The third kappa shape index (κ3) is 5.30. The van der Waals surface area contributed by atoms with Crippen molar-refractivity contribution >= 4 is 0 Å². The van der Waals surface area contributed by atoms with Gasteiger partial charge in [-0.2, -0.15) is 0 Å². The first kappa shape index (κ1) is 14.8. The zero-order chi connectivity index (χ0) is 12.7. The van der Waals surface area contributed by atoms with Crippen molar-refractivity contribution < 1.29 is 13.5 Å². The minimum Gasteiger partial charge on any atom is -0.371 e. The van der Waals surface area contributed by atoms with Gasteiger partial charge in [0.05, 0.1) is 6.10 Å². The van der Waals surface area contributed by atoms with Crippen LogP contribution in [0, 0.1) is 5.92 Å². The molecule has 4 heteroatoms. The van der Waals surface area contributed by atoms with E-state index in [0.717, 1.165) is 32.2 Å². The summed E-state index contributed by atoms with van der Waals surface area (Å²) in [4.78, 5) is 0. The van der Waals surface area contributed by atoms with Gasteiger partial charge in [-0.05, 0) is 38.1 Å². The van der Waals surface area contributed by atoms with Gasteiger partial charge in [0, 0.05) is 6.04 Å². The van der Waals surface area contributed by atoms with Crippen molar-refractivity contribution in [1.82, 2.24) is 5.32 Å². The molecule has 17 heavy (non-hydrogen) atoms. The Balaban J connectivity index is 2.42. The lowest BCUT2D eigenvalue weighted by atomic mass is 9.82. The van der Waals surface area contributed by atoms with E-state index in [-0.39, 0.29) is 12.1 Å². The first-order valence-corrected chi connectivity index (χ1v) is 6.80. The monoisotopic (exact) mass is 249 g/mol. The molecule has 0 aromatic rings. The minimum absolute atomic E-state index is 0.0331. The van der Waals surface area contributed by atoms with Gasteiger partial charge in [-0.1, -0.05) is 20.3 Å². The maximum absolute atomic E-state index is 12.2. The van der Waals surface area contributed by atoms with Crippen molar-refractivity contribution in [3.8, 4) is 0 Å². The summed E-state index contributed by atoms with van der Waals surface area (Å²) >= 11 is 0. The Labute approximate surface area is 103 Å². The van der Waals surface area contributed by atoms with Crippen LogP contribution in [-0.4, -0.2) is 31.7 Å². The van der Waals surface area contributed by atoms with E-state index in [1.165, 1.54) is 6.42 Å². The lowest BCUT2D eigenvalue weighted by Gasteiger charge is -2.36. The second kappa shape index (κ2) is 7.98. The van der Waals surface area contributed by atoms with Gasteiger partial charge in [0.25, 0.3) is 6.43 Å². The van der Waals surface area contributed by atoms with Crippen molar-refractivity contribution in [2.45, 2.75) is 64.5 Å². The summed E-state index contributed by atoms with van der Waals surface area (Å²) in [6.07, 6.45) is 2.95. The molecule has 3 unspecified atom stereocenters. The number of hydrogen-bond donors (Lipinski definition) is 1. The zero-order valence-corrected chi connectivity index (χ0v) is 10.9. The van der Waals surface area contributed by atoms with Gasteiger partial charge < -0.3 is 10.1 Å². The molecule has 2 nitrogen and oxygen atoms in total. The molecule has 1 fully saturated rings. The highest BCUT2D eigenvalue weighted by molar-refractivity contribution is 4.85. The van der Waals surface area contributed by atoms with Crippen molar-refractivity contribution in [1.29, 1.82) is 0 Å². The highest BCUT2D eigenvalue weighted by Gasteiger charge is 2.30. The SMILES string of the molecule is CCCNC1CCC(CC)CC1OCC(F)F. The quantitative estimate of drug-likeness (QED) is 0.748. The number of halogens is 2. The van der Waals surface area contributed by atoms with Crippen LogP contribution in [0.3, 0.4) is 0 Å². The molecule has 102 valence electrons. The van der Waals surface area contributed by atoms with Crippen molar-refractivity contribution in [2.75, 3.05) is 13.2 Å². The standard InChI is InChI=1S/C13H25F2NO/c1-3-7-16-11-6-5-10(4-2)8-12(11)17-9-13(14)15/h10-13,16H,3-9H2,1-2H3. The van der Waals surface area contributed by atoms with E-state index in [0.29, 0.717) is 5.92 Å². The van der Waals surface area contributed by atoms with E-state index >= 15 is 0 Å². The molecule has 0 spiro atoms. The molecule has 3 atom stereocenters. The largest absolute Gasteiger partial charge is 0.371 e. The zero-order valence-electron chi connectivity index (χ0n) is 10.9. The van der Waals surface area contributed by atoms with Crippen molar-refractivity contribution in [3.05, 3.63) is 0 Å². The van der Waals surface area contributed by atoms with E-state index in [4.69, 9.17) is 4.74 Å². The molecule has 0 aromatic heterocycles. The van der Waals surface area contributed by atoms with Gasteiger partial charge in [-0.25, -0.2) is 8.78 Å². The van der Waals surface area contributed by atoms with Gasteiger partial charge in [0.15, 0.2) is 0 Å². The van der Waals surface area contributed by atoms with Crippen LogP contribution in [0.4, 0.5) is 8.78 Å². The molecule has 0 radical (unpaired) electrons. The van der Waals surface area contributed by atoms with Crippen LogP contribution in [0.15, 0.2) is 0 Å². The molecular weight excluding hydrogens is 224 g/mol. The number of rotatable bonds is 7. The molecule has 0 heterocycles. The smallest absolute Gasteiger partial charge is 0.261 e. The van der Waals surface area contributed by atoms with Crippen molar-refractivity contribution in [3.63, 3.8) is 0 Å². The Bertz CT molecular complexity index is 202. The highest BCUT2D eigenvalue weighted by Crippen LogP contribution is 2.29. The van der Waals surface area contributed by atoms with Crippen molar-refractivity contribution in [2.24, 2.45) is 5.92 Å². The van der Waals surface area contributed by atoms with E-state index in [2.05, 4.69) is 19.2 Å². The predicted molar refractivity (Wildman–Crippen MR) is 65.5 cm³/mol. The molecule has 1 N–H and O–H groups in total. The van der Waals surface area contributed by atoms with Gasteiger partial charge in [0.2, 0.25) is 0 Å². The lowest BCUT2D eigenvalue weighted by molar-refractivity contribution is -0.0584. The van der Waals surface area contributed by atoms with E-state index in [1.54, 1.807) is 0 Å². The Morgan fingerprint density at radius 3 is 2.65 bits per heavy atom. The molecule has 0 amide bonds. The van der Waals surface area contributed by atoms with E-state index in [9.17, 15) is 8.78 Å². The molecule has 0 aromatic carbocycles. The van der Waals surface area contributed by atoms with Crippen LogP contribution in [0.1, 0.15) is 46.0 Å². The number of hydrogen-bond acceptors (Lipinski definition) is 2. The molecule has 0 aliphatic heterocycles. The van der Waals surface area contributed by atoms with Gasteiger partial charge >= 0.3 is 0 Å². The molecule has 1 aliphatic carbocycles. The summed E-state index contributed by atoms with van der Waals surface area (Å²) in [5.41, 5.74) is 0. The van der Waals surface area contributed by atoms with Crippen LogP contribution in [0.2, 0.25) is 0 Å². The van der Waals surface area contributed by atoms with Crippen LogP contribution in [0.5, 0.6) is 0 Å². The topological polar surface area (TPSA) is 21.3 Å². The van der Waals surface area contributed by atoms with Crippen LogP contribution in [-0.2, 0) is 4.74 Å². The minimum atomic E-state index is -2.36. The fourth-order valence-electron chi connectivity index (χ4n) is 2.53. The molecular formula is C13H25F2NO. The molecule has 1 rings (SSSR count). The second-order valence-electron chi connectivity index (χ2n) is 4.91. The average Bonchev–Trinajstić information content (AvgIpc) is 2.34. The summed E-state index contributed by atoms with van der Waals surface area (Å²) in [5, 5.41) is 3.42. The number of nitrogens with one attached hydrogen (secondary N) is 1. The summed E-state index contributed by atoms with van der Waals surface area (Å²) in [7, 11) is 0.